The smallest absolute Gasteiger partial charge is 0.328 e. The summed E-state index contributed by atoms with van der Waals surface area (Å²) < 4.78 is 5.30. The van der Waals surface area contributed by atoms with E-state index in [1.54, 1.807) is 0 Å². The number of likely N-dealkylation sites (tertiary alicyclic amines) is 1. The second-order valence-corrected chi connectivity index (χ2v) is 13.3. The van der Waals surface area contributed by atoms with Crippen LogP contribution in [-0.4, -0.2) is 61.6 Å². The quantitative estimate of drug-likeness (QED) is 0.367. The van der Waals surface area contributed by atoms with Gasteiger partial charge in [0, 0.05) is 17.2 Å². The van der Waals surface area contributed by atoms with Crippen molar-refractivity contribution in [1.82, 2.24) is 5.32 Å². The molecular formula is C31H44N3O4S+. The van der Waals surface area contributed by atoms with Crippen LogP contribution >= 0.6 is 11.3 Å². The van der Waals surface area contributed by atoms with E-state index < -0.39 is 12.0 Å². The molecule has 8 heteroatoms. The first-order chi connectivity index (χ1) is 18.5. The zero-order valence-electron chi connectivity index (χ0n) is 24.0. The predicted octanol–water partition coefficient (Wildman–Crippen LogP) is 5.10. The molecule has 0 spiro atoms. The first-order valence-electron chi connectivity index (χ1n) is 14.2. The number of carbonyl (C=O) groups is 3. The molecule has 1 aliphatic heterocycles. The van der Waals surface area contributed by atoms with Gasteiger partial charge >= 0.3 is 11.9 Å². The van der Waals surface area contributed by atoms with E-state index in [2.05, 4.69) is 18.3 Å². The summed E-state index contributed by atoms with van der Waals surface area (Å²) in [5.41, 5.74) is 8.51. The Morgan fingerprint density at radius 3 is 2.38 bits per heavy atom. The maximum atomic E-state index is 13.8. The van der Waals surface area contributed by atoms with Crippen molar-refractivity contribution in [3.05, 3.63) is 46.8 Å². The molecular weight excluding hydrogens is 510 g/mol. The van der Waals surface area contributed by atoms with E-state index in [-0.39, 0.29) is 29.2 Å². The van der Waals surface area contributed by atoms with E-state index in [1.807, 2.05) is 51.2 Å². The number of nitrogens with two attached hydrogens (primary N) is 1. The van der Waals surface area contributed by atoms with Gasteiger partial charge in [0.05, 0.1) is 37.0 Å². The molecule has 3 N–H and O–H groups in total. The van der Waals surface area contributed by atoms with Crippen molar-refractivity contribution in [1.29, 1.82) is 0 Å². The van der Waals surface area contributed by atoms with Crippen molar-refractivity contribution < 1.29 is 23.6 Å². The van der Waals surface area contributed by atoms with Crippen LogP contribution in [0.15, 0.2) is 36.4 Å². The Balaban J connectivity index is 1.63. The summed E-state index contributed by atoms with van der Waals surface area (Å²) in [7, 11) is 3.37. The number of piperidine rings is 1. The Bertz CT molecular complexity index is 1190. The molecule has 0 bridgehead atoms. The van der Waals surface area contributed by atoms with E-state index in [1.165, 1.54) is 24.9 Å². The fourth-order valence-electron chi connectivity index (χ4n) is 6.52. The number of hydrogen-bond acceptors (Lipinski definition) is 6. The molecule has 1 aromatic carbocycles. The Kier molecular flexibility index (Phi) is 8.98. The minimum atomic E-state index is -0.744. The molecule has 2 heterocycles. The highest BCUT2D eigenvalue weighted by molar-refractivity contribution is 7.17. The standard InChI is InChI=1S/C31H43N3O4S/c1-20(2)26(29(36)38-5)33-28(35)27-23(18-25(39-27)21-12-8-6-9-13-21)22-14-17-34(4,19-24(22)32)30(37)31(3)15-10-7-11-16-31/h6,8-9,12-13,18,20,22,24,26H,7,10-11,14-17,19,32H2,1-5H3/p+1. The molecule has 2 fully saturated rings. The zero-order valence-corrected chi connectivity index (χ0v) is 24.8. The number of esters is 1. The molecule has 7 nitrogen and oxygen atoms in total. The fourth-order valence-corrected chi connectivity index (χ4v) is 7.66. The summed E-state index contributed by atoms with van der Waals surface area (Å²) in [4.78, 5) is 41.5. The van der Waals surface area contributed by atoms with Gasteiger partial charge in [0.1, 0.15) is 12.6 Å². The van der Waals surface area contributed by atoms with E-state index >= 15 is 0 Å². The average molecular weight is 555 g/mol. The highest BCUT2D eigenvalue weighted by Crippen LogP contribution is 2.43. The highest BCUT2D eigenvalue weighted by atomic mass is 32.1. The number of benzene rings is 1. The number of rotatable bonds is 7. The first-order valence-corrected chi connectivity index (χ1v) is 15.0. The molecule has 4 atom stereocenters. The highest BCUT2D eigenvalue weighted by Gasteiger charge is 2.50. The van der Waals surface area contributed by atoms with Crippen LogP contribution in [0.1, 0.15) is 80.4 Å². The first kappa shape index (κ1) is 29.4. The lowest BCUT2D eigenvalue weighted by molar-refractivity contribution is -0.844. The third-order valence-corrected chi connectivity index (χ3v) is 10.1. The van der Waals surface area contributed by atoms with Crippen molar-refractivity contribution in [2.24, 2.45) is 17.1 Å². The molecule has 2 aliphatic rings. The molecule has 1 saturated heterocycles. The molecule has 2 amide bonds. The van der Waals surface area contributed by atoms with E-state index in [4.69, 9.17) is 10.5 Å². The van der Waals surface area contributed by atoms with Crippen LogP contribution in [0.3, 0.4) is 0 Å². The molecule has 4 rings (SSSR count). The van der Waals surface area contributed by atoms with Gasteiger partial charge in [-0.15, -0.1) is 11.3 Å². The molecule has 1 aliphatic carbocycles. The maximum Gasteiger partial charge on any atom is 0.328 e. The zero-order chi connectivity index (χ0) is 28.4. The number of ether oxygens (including phenoxy) is 1. The second kappa shape index (κ2) is 11.9. The number of hydrogen-bond donors (Lipinski definition) is 2. The van der Waals surface area contributed by atoms with Crippen molar-refractivity contribution in [2.45, 2.75) is 77.3 Å². The van der Waals surface area contributed by atoms with Gasteiger partial charge in [-0.3, -0.25) is 9.28 Å². The maximum absolute atomic E-state index is 13.8. The Morgan fingerprint density at radius 2 is 1.79 bits per heavy atom. The van der Waals surface area contributed by atoms with Gasteiger partial charge < -0.3 is 15.8 Å². The minimum absolute atomic E-state index is 0.0618. The third-order valence-electron chi connectivity index (χ3n) is 8.86. The number of thiophene rings is 1. The SMILES string of the molecule is COC(=O)C(NC(=O)c1sc(-c2ccccc2)cc1C1CC[N+](C)(C(=O)C2(C)CCCCC2)CC1N)C(C)C. The van der Waals surface area contributed by atoms with Crippen LogP contribution in [0.5, 0.6) is 0 Å². The summed E-state index contributed by atoms with van der Waals surface area (Å²) in [6.45, 7) is 7.14. The number of nitrogens with zero attached hydrogens (tertiary/aromatic N) is 1. The van der Waals surface area contributed by atoms with Crippen molar-refractivity contribution in [3.8, 4) is 10.4 Å². The number of likely N-dealkylation sites (N-methyl/N-ethyl adjacent to an activating group) is 1. The molecule has 0 radical (unpaired) electrons. The second-order valence-electron chi connectivity index (χ2n) is 12.3. The monoisotopic (exact) mass is 554 g/mol. The number of amides is 2. The Morgan fingerprint density at radius 1 is 1.13 bits per heavy atom. The lowest BCUT2D eigenvalue weighted by atomic mass is 9.73. The van der Waals surface area contributed by atoms with Crippen LogP contribution in [0.2, 0.25) is 0 Å². The van der Waals surface area contributed by atoms with Gasteiger partial charge in [0.2, 0.25) is 0 Å². The van der Waals surface area contributed by atoms with Gasteiger partial charge in [0.25, 0.3) is 5.91 Å². The molecule has 212 valence electrons. The van der Waals surface area contributed by atoms with Crippen molar-refractivity contribution in [2.75, 3.05) is 27.2 Å². The minimum Gasteiger partial charge on any atom is -0.467 e. The molecule has 1 aromatic heterocycles. The van der Waals surface area contributed by atoms with Gasteiger partial charge in [-0.05, 0) is 42.9 Å². The van der Waals surface area contributed by atoms with Gasteiger partial charge in [-0.1, -0.05) is 63.4 Å². The topological polar surface area (TPSA) is 98.5 Å². The molecule has 2 aromatic rings. The van der Waals surface area contributed by atoms with Crippen molar-refractivity contribution >= 4 is 29.1 Å². The number of quaternary nitrogens is 1. The van der Waals surface area contributed by atoms with E-state index in [0.717, 1.165) is 48.1 Å². The number of methoxy groups -OCH3 is 1. The number of carbonyl (C=O) groups excluding carboxylic acids is 3. The summed E-state index contributed by atoms with van der Waals surface area (Å²) in [5.74, 6) is -0.630. The largest absolute Gasteiger partial charge is 0.467 e. The van der Waals surface area contributed by atoms with Gasteiger partial charge in [-0.2, -0.15) is 0 Å². The summed E-state index contributed by atoms with van der Waals surface area (Å²) in [6, 6.07) is 11.1. The lowest BCUT2D eigenvalue weighted by Crippen LogP contribution is -2.64. The average Bonchev–Trinajstić information content (AvgIpc) is 3.37. The van der Waals surface area contributed by atoms with Crippen LogP contribution in [-0.2, 0) is 14.3 Å². The Labute approximate surface area is 236 Å². The normalized spacial score (nSPS) is 25.6. The van der Waals surface area contributed by atoms with Crippen LogP contribution in [0.4, 0.5) is 0 Å². The number of nitrogens with one attached hydrogen (secondary N) is 1. The van der Waals surface area contributed by atoms with E-state index in [0.29, 0.717) is 28.4 Å². The summed E-state index contributed by atoms with van der Waals surface area (Å²) in [6.07, 6.45) is 6.03. The van der Waals surface area contributed by atoms with Crippen LogP contribution in [0, 0.1) is 11.3 Å². The van der Waals surface area contributed by atoms with Crippen LogP contribution < -0.4 is 11.1 Å². The van der Waals surface area contributed by atoms with Crippen molar-refractivity contribution in [3.63, 3.8) is 0 Å². The summed E-state index contributed by atoms with van der Waals surface area (Å²) >= 11 is 1.43. The lowest BCUT2D eigenvalue weighted by Gasteiger charge is -2.46. The van der Waals surface area contributed by atoms with E-state index in [9.17, 15) is 14.4 Å². The van der Waals surface area contributed by atoms with Crippen LogP contribution in [0.25, 0.3) is 10.4 Å². The predicted molar refractivity (Wildman–Crippen MR) is 155 cm³/mol. The molecule has 39 heavy (non-hydrogen) atoms. The third kappa shape index (κ3) is 6.13. The molecule has 4 unspecified atom stereocenters. The fraction of sp³-hybridized carbons (Fsp3) is 0.581. The summed E-state index contributed by atoms with van der Waals surface area (Å²) in [5, 5.41) is 2.92. The molecule has 1 saturated carbocycles. The van der Waals surface area contributed by atoms with Gasteiger partial charge in [-0.25, -0.2) is 9.59 Å². The van der Waals surface area contributed by atoms with Gasteiger partial charge in [0.15, 0.2) is 0 Å². The Hall–Kier alpha value is -2.55.